The topological polar surface area (TPSA) is 64.1 Å². The molecule has 4 aliphatic rings. The number of benzene rings is 1. The maximum atomic E-state index is 13.0. The standard InChI is InChI=1S/C27H32Cl2N6O/c1-18-15-27(18)17-34(25-23(29)14-20(16-32-25)24-30-8-9-31-24)12-13-35(27)22-6-10-33(11-7-22)26(36)19-2-4-21(28)5-3-19/h2-5,14,16,18,22H,6-13,15,17H2,1H3,(H,30,31)/t18?,27-/m0/s1. The van der Waals surface area contributed by atoms with Crippen molar-refractivity contribution in [2.45, 2.75) is 37.8 Å². The van der Waals surface area contributed by atoms with Crippen molar-refractivity contribution in [3.05, 3.63) is 57.7 Å². The molecule has 190 valence electrons. The molecule has 7 nitrogen and oxygen atoms in total. The van der Waals surface area contributed by atoms with Crippen molar-refractivity contribution < 1.29 is 4.79 Å². The Morgan fingerprint density at radius 2 is 1.86 bits per heavy atom. The number of halogens is 2. The minimum absolute atomic E-state index is 0.104. The molecular formula is C27H32Cl2N6O. The summed E-state index contributed by atoms with van der Waals surface area (Å²) < 4.78 is 0. The summed E-state index contributed by atoms with van der Waals surface area (Å²) in [6.07, 6.45) is 5.11. The average Bonchev–Trinajstić information content (AvgIpc) is 3.27. The van der Waals surface area contributed by atoms with Gasteiger partial charge in [0.05, 0.1) is 11.6 Å². The van der Waals surface area contributed by atoms with E-state index in [1.807, 2.05) is 29.3 Å². The lowest BCUT2D eigenvalue weighted by Crippen LogP contribution is -2.61. The van der Waals surface area contributed by atoms with Crippen molar-refractivity contribution in [2.24, 2.45) is 10.9 Å². The van der Waals surface area contributed by atoms with Crippen LogP contribution < -0.4 is 10.2 Å². The summed E-state index contributed by atoms with van der Waals surface area (Å²) in [7, 11) is 0. The summed E-state index contributed by atoms with van der Waals surface area (Å²) in [5, 5.41) is 4.64. The van der Waals surface area contributed by atoms with Gasteiger partial charge in [-0.2, -0.15) is 0 Å². The van der Waals surface area contributed by atoms with Crippen molar-refractivity contribution in [1.82, 2.24) is 20.1 Å². The Hall–Kier alpha value is -2.35. The number of aliphatic imine (C=N–C) groups is 1. The van der Waals surface area contributed by atoms with E-state index in [1.54, 1.807) is 12.1 Å². The Morgan fingerprint density at radius 1 is 1.11 bits per heavy atom. The number of rotatable bonds is 4. The second-order valence-electron chi connectivity index (χ2n) is 10.5. The number of nitrogens with zero attached hydrogens (tertiary/aromatic N) is 5. The van der Waals surface area contributed by atoms with Gasteiger partial charge in [-0.1, -0.05) is 30.1 Å². The molecule has 9 heteroatoms. The van der Waals surface area contributed by atoms with Gasteiger partial charge in [0, 0.05) is 73.2 Å². The van der Waals surface area contributed by atoms with Crippen LogP contribution in [0.15, 0.2) is 41.5 Å². The van der Waals surface area contributed by atoms with Gasteiger partial charge in [-0.25, -0.2) is 4.98 Å². The zero-order valence-corrected chi connectivity index (χ0v) is 22.1. The molecule has 6 rings (SSSR count). The first-order valence-electron chi connectivity index (χ1n) is 13.0. The van der Waals surface area contributed by atoms with Crippen LogP contribution in [0, 0.1) is 5.92 Å². The molecule has 0 radical (unpaired) electrons. The van der Waals surface area contributed by atoms with E-state index in [1.165, 1.54) is 6.42 Å². The van der Waals surface area contributed by atoms with Crippen molar-refractivity contribution in [3.63, 3.8) is 0 Å². The molecule has 1 aromatic heterocycles. The van der Waals surface area contributed by atoms with Crippen molar-refractivity contribution in [3.8, 4) is 0 Å². The smallest absolute Gasteiger partial charge is 0.253 e. The van der Waals surface area contributed by atoms with Crippen LogP contribution in [0.1, 0.15) is 42.1 Å². The molecule has 3 fully saturated rings. The third-order valence-electron chi connectivity index (χ3n) is 8.42. The highest BCUT2D eigenvalue weighted by Crippen LogP contribution is 2.52. The van der Waals surface area contributed by atoms with Gasteiger partial charge in [-0.3, -0.25) is 14.7 Å². The molecule has 1 spiro atoms. The van der Waals surface area contributed by atoms with E-state index in [9.17, 15) is 4.79 Å². The van der Waals surface area contributed by atoms with E-state index >= 15 is 0 Å². The third kappa shape index (κ3) is 4.35. The van der Waals surface area contributed by atoms with Crippen LogP contribution >= 0.6 is 23.2 Å². The molecule has 2 saturated heterocycles. The third-order valence-corrected chi connectivity index (χ3v) is 8.95. The lowest BCUT2D eigenvalue weighted by Gasteiger charge is -2.49. The maximum Gasteiger partial charge on any atom is 0.253 e. The molecule has 36 heavy (non-hydrogen) atoms. The lowest BCUT2D eigenvalue weighted by molar-refractivity contribution is 0.0401. The Balaban J connectivity index is 1.11. The number of carbonyl (C=O) groups is 1. The average molecular weight is 528 g/mol. The van der Waals surface area contributed by atoms with Gasteiger partial charge in [0.1, 0.15) is 11.7 Å². The molecule has 1 aliphatic carbocycles. The summed E-state index contributed by atoms with van der Waals surface area (Å²) >= 11 is 12.7. The Labute approximate surface area is 222 Å². The predicted octanol–water partition coefficient (Wildman–Crippen LogP) is 3.94. The summed E-state index contributed by atoms with van der Waals surface area (Å²) in [4.78, 5) is 29.3. The first-order chi connectivity index (χ1) is 17.4. The number of carbonyl (C=O) groups excluding carboxylic acids is 1. The molecule has 1 N–H and O–H groups in total. The SMILES string of the molecule is CC1C[C@]12CN(c1ncc(C3=NCCN3)cc1Cl)CCN2C1CCN(C(=O)c2ccc(Cl)cc2)CC1. The minimum Gasteiger partial charge on any atom is -0.368 e. The van der Waals surface area contributed by atoms with Crippen molar-refractivity contribution in [1.29, 1.82) is 0 Å². The second kappa shape index (κ2) is 9.51. The van der Waals surface area contributed by atoms with Gasteiger partial charge in [0.2, 0.25) is 0 Å². The highest BCUT2D eigenvalue weighted by molar-refractivity contribution is 6.33. The number of piperazine rings is 1. The number of likely N-dealkylation sites (tertiary alicyclic amines) is 1. The van der Waals surface area contributed by atoms with E-state index in [0.717, 1.165) is 75.9 Å². The van der Waals surface area contributed by atoms with Gasteiger partial charge >= 0.3 is 0 Å². The highest BCUT2D eigenvalue weighted by atomic mass is 35.5. The van der Waals surface area contributed by atoms with Crippen LogP contribution in [-0.2, 0) is 0 Å². The fourth-order valence-corrected chi connectivity index (χ4v) is 6.72. The monoisotopic (exact) mass is 526 g/mol. The van der Waals surface area contributed by atoms with Crippen LogP contribution in [0.3, 0.4) is 0 Å². The highest BCUT2D eigenvalue weighted by Gasteiger charge is 2.59. The summed E-state index contributed by atoms with van der Waals surface area (Å²) in [5.74, 6) is 2.51. The Bertz CT molecular complexity index is 1180. The summed E-state index contributed by atoms with van der Waals surface area (Å²) in [5.41, 5.74) is 1.84. The zero-order chi connectivity index (χ0) is 24.9. The fraction of sp³-hybridized carbons (Fsp3) is 0.519. The van der Waals surface area contributed by atoms with Gasteiger partial charge in [0.15, 0.2) is 0 Å². The first kappa shape index (κ1) is 24.0. The van der Waals surface area contributed by atoms with Crippen LogP contribution in [0.25, 0.3) is 0 Å². The van der Waals surface area contributed by atoms with Crippen molar-refractivity contribution in [2.75, 3.05) is 50.7 Å². The molecule has 1 aromatic carbocycles. The van der Waals surface area contributed by atoms with Crippen LogP contribution in [-0.4, -0.2) is 83.9 Å². The number of amides is 1. The Morgan fingerprint density at radius 3 is 2.50 bits per heavy atom. The van der Waals surface area contributed by atoms with E-state index in [2.05, 4.69) is 27.0 Å². The number of anilines is 1. The van der Waals surface area contributed by atoms with Gasteiger partial charge in [-0.15, -0.1) is 0 Å². The van der Waals surface area contributed by atoms with E-state index < -0.39 is 0 Å². The quantitative estimate of drug-likeness (QED) is 0.653. The molecule has 1 amide bonds. The lowest BCUT2D eigenvalue weighted by atomic mass is 9.96. The minimum atomic E-state index is 0.104. The normalized spacial score (nSPS) is 26.8. The molecule has 2 aromatic rings. The summed E-state index contributed by atoms with van der Waals surface area (Å²) in [6.45, 7) is 8.46. The molecular weight excluding hydrogens is 495 g/mol. The number of piperidine rings is 1. The zero-order valence-electron chi connectivity index (χ0n) is 20.6. The summed E-state index contributed by atoms with van der Waals surface area (Å²) in [6, 6.07) is 9.70. The molecule has 2 atom stereocenters. The molecule has 3 aliphatic heterocycles. The molecule has 1 unspecified atom stereocenters. The number of nitrogens with one attached hydrogen (secondary N) is 1. The van der Waals surface area contributed by atoms with E-state index in [0.29, 0.717) is 27.6 Å². The van der Waals surface area contributed by atoms with Gasteiger partial charge in [-0.05, 0) is 55.5 Å². The Kier molecular flexibility index (Phi) is 6.34. The molecule has 0 bridgehead atoms. The molecule has 4 heterocycles. The maximum absolute atomic E-state index is 13.0. The number of hydrogen-bond acceptors (Lipinski definition) is 6. The first-order valence-corrected chi connectivity index (χ1v) is 13.7. The number of aromatic nitrogens is 1. The number of pyridine rings is 1. The number of amidine groups is 1. The molecule has 1 saturated carbocycles. The van der Waals surface area contributed by atoms with Gasteiger partial charge < -0.3 is 15.1 Å². The van der Waals surface area contributed by atoms with Crippen LogP contribution in [0.2, 0.25) is 10.0 Å². The van der Waals surface area contributed by atoms with E-state index in [-0.39, 0.29) is 11.4 Å². The van der Waals surface area contributed by atoms with Crippen LogP contribution in [0.5, 0.6) is 0 Å². The van der Waals surface area contributed by atoms with Crippen LogP contribution in [0.4, 0.5) is 5.82 Å². The second-order valence-corrected chi connectivity index (χ2v) is 11.4. The van der Waals surface area contributed by atoms with Gasteiger partial charge in [0.25, 0.3) is 5.91 Å². The predicted molar refractivity (Wildman–Crippen MR) is 144 cm³/mol. The fourth-order valence-electron chi connectivity index (χ4n) is 6.31. The largest absolute Gasteiger partial charge is 0.368 e. The van der Waals surface area contributed by atoms with Crippen molar-refractivity contribution >= 4 is 40.8 Å². The number of hydrogen-bond donors (Lipinski definition) is 1. The van der Waals surface area contributed by atoms with E-state index in [4.69, 9.17) is 28.2 Å².